The number of hydrogen-bond acceptors (Lipinski definition) is 11. The molecule has 51 heavy (non-hydrogen) atoms. The number of aromatic nitrogens is 2. The van der Waals surface area contributed by atoms with Gasteiger partial charge >= 0.3 is 17.9 Å². The molecule has 0 spiro atoms. The minimum Gasteiger partial charge on any atom is -0.451 e. The van der Waals surface area contributed by atoms with E-state index in [2.05, 4.69) is 43.1 Å². The van der Waals surface area contributed by atoms with Gasteiger partial charge in [-0.15, -0.1) is 0 Å². The second-order valence-corrected chi connectivity index (χ2v) is 14.0. The molecule has 1 amide bonds. The number of benzene rings is 1. The van der Waals surface area contributed by atoms with Gasteiger partial charge in [0.1, 0.15) is 5.52 Å². The third-order valence-electron chi connectivity index (χ3n) is 8.82. The summed E-state index contributed by atoms with van der Waals surface area (Å²) in [4.78, 5) is 65.2. The van der Waals surface area contributed by atoms with Crippen LogP contribution in [0.1, 0.15) is 130 Å². The van der Waals surface area contributed by atoms with Crippen molar-refractivity contribution in [3.8, 4) is 0 Å². The summed E-state index contributed by atoms with van der Waals surface area (Å²) in [6, 6.07) is 3.59. The molecule has 3 atom stereocenters. The van der Waals surface area contributed by atoms with E-state index >= 15 is 0 Å². The standard InChI is InChI=1S/C38H56BrN5O7/c1-5-6-7-8-9-10-11-12-13-14-15-16-17-18-19-20-32(45)49-28(3)36(47)51-29(4)37(48)50-27(2)35(46)44-26-25-42-38(44)43-30-21-22-31-34(33(30)39)41-24-23-40-31/h21-24,27-29H,5-20,25-26H2,1-4H3,(H,42,43)/t27-,28?,29-/m1/s1. The van der Waals surface area contributed by atoms with Crippen molar-refractivity contribution in [1.82, 2.24) is 14.9 Å². The van der Waals surface area contributed by atoms with Crippen molar-refractivity contribution in [2.24, 2.45) is 4.99 Å². The average Bonchev–Trinajstić information content (AvgIpc) is 3.58. The molecule has 0 fully saturated rings. The number of anilines is 1. The number of hydrogen-bond donors (Lipinski definition) is 1. The maximum Gasteiger partial charge on any atom is 0.347 e. The van der Waals surface area contributed by atoms with Gasteiger partial charge in [0.05, 0.1) is 22.2 Å². The van der Waals surface area contributed by atoms with Gasteiger partial charge in [0.25, 0.3) is 5.91 Å². The highest BCUT2D eigenvalue weighted by molar-refractivity contribution is 9.10. The third-order valence-corrected chi connectivity index (χ3v) is 9.63. The fourth-order valence-corrected chi connectivity index (χ4v) is 6.33. The quantitative estimate of drug-likeness (QED) is 0.0668. The number of unbranched alkanes of at least 4 members (excludes halogenated alkanes) is 14. The molecule has 1 aromatic heterocycles. The van der Waals surface area contributed by atoms with Gasteiger partial charge in [0.2, 0.25) is 5.96 Å². The summed E-state index contributed by atoms with van der Waals surface area (Å²) in [5, 5.41) is 3.14. The normalized spacial score (nSPS) is 14.5. The fraction of sp³-hybridized carbons (Fsp3) is 0.658. The number of amides is 1. The van der Waals surface area contributed by atoms with E-state index < -0.39 is 42.1 Å². The molecule has 1 N–H and O–H groups in total. The first-order valence-electron chi connectivity index (χ1n) is 18.7. The van der Waals surface area contributed by atoms with E-state index in [0.717, 1.165) is 19.3 Å². The van der Waals surface area contributed by atoms with Crippen molar-refractivity contribution < 1.29 is 33.4 Å². The molecule has 282 valence electrons. The summed E-state index contributed by atoms with van der Waals surface area (Å²) in [7, 11) is 0. The Labute approximate surface area is 311 Å². The largest absolute Gasteiger partial charge is 0.451 e. The van der Waals surface area contributed by atoms with Crippen LogP contribution in [0.5, 0.6) is 0 Å². The Morgan fingerprint density at radius 1 is 0.745 bits per heavy atom. The second kappa shape index (κ2) is 23.1. The molecule has 1 aliphatic heterocycles. The minimum absolute atomic E-state index is 0.218. The number of fused-ring (bicyclic) bond motifs is 1. The Balaban J connectivity index is 1.28. The number of rotatable bonds is 23. The molecule has 1 unspecified atom stereocenters. The van der Waals surface area contributed by atoms with Crippen molar-refractivity contribution in [2.75, 3.05) is 18.4 Å². The Bertz CT molecular complexity index is 1450. The summed E-state index contributed by atoms with van der Waals surface area (Å²) >= 11 is 3.54. The van der Waals surface area contributed by atoms with Crippen LogP contribution in [-0.4, -0.2) is 76.0 Å². The van der Waals surface area contributed by atoms with Gasteiger partial charge in [-0.05, 0) is 55.3 Å². The molecule has 13 heteroatoms. The zero-order valence-corrected chi connectivity index (χ0v) is 32.4. The maximum absolute atomic E-state index is 13.2. The molecule has 0 saturated carbocycles. The lowest BCUT2D eigenvalue weighted by Gasteiger charge is -2.24. The minimum atomic E-state index is -1.32. The predicted octanol–water partition coefficient (Wildman–Crippen LogP) is 8.06. The number of esters is 3. The zero-order valence-electron chi connectivity index (χ0n) is 30.8. The van der Waals surface area contributed by atoms with Crippen LogP contribution in [0.3, 0.4) is 0 Å². The van der Waals surface area contributed by atoms with Crippen molar-refractivity contribution in [3.05, 3.63) is 29.0 Å². The Morgan fingerprint density at radius 3 is 1.88 bits per heavy atom. The molecule has 2 heterocycles. The number of aliphatic imine (C=N–C) groups is 1. The van der Waals surface area contributed by atoms with E-state index in [9.17, 15) is 19.2 Å². The van der Waals surface area contributed by atoms with E-state index in [1.807, 2.05) is 0 Å². The molecule has 12 nitrogen and oxygen atoms in total. The van der Waals surface area contributed by atoms with Gasteiger partial charge in [-0.3, -0.25) is 29.4 Å². The van der Waals surface area contributed by atoms with Crippen LogP contribution in [0, 0.1) is 0 Å². The zero-order chi connectivity index (χ0) is 37.0. The lowest BCUT2D eigenvalue weighted by Crippen LogP contribution is -2.45. The number of nitrogens with zero attached hydrogens (tertiary/aromatic N) is 4. The molecule has 0 radical (unpaired) electrons. The first-order chi connectivity index (χ1) is 24.6. The van der Waals surface area contributed by atoms with Gasteiger partial charge in [-0.1, -0.05) is 96.8 Å². The van der Waals surface area contributed by atoms with E-state index in [1.54, 1.807) is 24.5 Å². The summed E-state index contributed by atoms with van der Waals surface area (Å²) in [5.74, 6) is -2.45. The molecule has 0 bridgehead atoms. The highest BCUT2D eigenvalue weighted by Gasteiger charge is 2.33. The van der Waals surface area contributed by atoms with Gasteiger partial charge in [-0.25, -0.2) is 9.59 Å². The molecule has 3 rings (SSSR count). The van der Waals surface area contributed by atoms with Crippen molar-refractivity contribution in [1.29, 1.82) is 0 Å². The molecular formula is C38H56BrN5O7. The number of carbonyl (C=O) groups is 4. The van der Waals surface area contributed by atoms with Crippen LogP contribution in [0.4, 0.5) is 5.69 Å². The number of ether oxygens (including phenoxy) is 3. The molecular weight excluding hydrogens is 718 g/mol. The van der Waals surface area contributed by atoms with Gasteiger partial charge in [0.15, 0.2) is 18.3 Å². The van der Waals surface area contributed by atoms with Crippen molar-refractivity contribution in [3.63, 3.8) is 0 Å². The third kappa shape index (κ3) is 14.5. The van der Waals surface area contributed by atoms with Crippen molar-refractivity contribution in [2.45, 2.75) is 149 Å². The smallest absolute Gasteiger partial charge is 0.347 e. The number of carbonyl (C=O) groups excluding carboxylic acids is 4. The highest BCUT2D eigenvalue weighted by Crippen LogP contribution is 2.29. The number of nitrogens with one attached hydrogen (secondary N) is 1. The fourth-order valence-electron chi connectivity index (χ4n) is 5.79. The maximum atomic E-state index is 13.2. The summed E-state index contributed by atoms with van der Waals surface area (Å²) in [5.41, 5.74) is 1.99. The van der Waals surface area contributed by atoms with Gasteiger partial charge in [-0.2, -0.15) is 0 Å². The Morgan fingerprint density at radius 2 is 1.27 bits per heavy atom. The van der Waals surface area contributed by atoms with Crippen LogP contribution in [0.2, 0.25) is 0 Å². The van der Waals surface area contributed by atoms with Gasteiger partial charge < -0.3 is 19.5 Å². The first-order valence-corrected chi connectivity index (χ1v) is 19.5. The first kappa shape index (κ1) is 41.8. The van der Waals surface area contributed by atoms with Crippen molar-refractivity contribution >= 4 is 62.4 Å². The Kier molecular flexibility index (Phi) is 18.9. The van der Waals surface area contributed by atoms with E-state index in [4.69, 9.17) is 14.2 Å². The number of guanidine groups is 1. The summed E-state index contributed by atoms with van der Waals surface area (Å²) < 4.78 is 16.4. The summed E-state index contributed by atoms with van der Waals surface area (Å²) in [6.07, 6.45) is 18.2. The Hall–Kier alpha value is -3.61. The number of halogens is 1. The molecule has 1 aliphatic rings. The van der Waals surface area contributed by atoms with Crippen LogP contribution in [0.25, 0.3) is 11.0 Å². The predicted molar refractivity (Wildman–Crippen MR) is 201 cm³/mol. The lowest BCUT2D eigenvalue weighted by atomic mass is 10.0. The average molecular weight is 775 g/mol. The second-order valence-electron chi connectivity index (χ2n) is 13.2. The summed E-state index contributed by atoms with van der Waals surface area (Å²) in [6.45, 7) is 7.09. The van der Waals surface area contributed by atoms with Crippen LogP contribution in [0.15, 0.2) is 34.0 Å². The molecule has 0 aliphatic carbocycles. The SMILES string of the molecule is CCCCCCCCCCCCCCCCCC(=O)OC(C)C(=O)O[C@H](C)C(=O)O[C@H](C)C(=O)N1CCN=C1Nc1ccc2nccnc2c1Br. The van der Waals surface area contributed by atoms with E-state index in [1.165, 1.54) is 96.3 Å². The van der Waals surface area contributed by atoms with Crippen LogP contribution >= 0.6 is 15.9 Å². The molecule has 2 aromatic rings. The molecule has 0 saturated heterocycles. The van der Waals surface area contributed by atoms with Crippen LogP contribution < -0.4 is 5.32 Å². The van der Waals surface area contributed by atoms with Crippen LogP contribution in [-0.2, 0) is 33.4 Å². The van der Waals surface area contributed by atoms with E-state index in [-0.39, 0.29) is 6.42 Å². The monoisotopic (exact) mass is 773 g/mol. The highest BCUT2D eigenvalue weighted by atomic mass is 79.9. The van der Waals surface area contributed by atoms with Gasteiger partial charge in [0, 0.05) is 25.4 Å². The van der Waals surface area contributed by atoms with E-state index in [0.29, 0.717) is 46.7 Å². The topological polar surface area (TPSA) is 149 Å². The molecule has 1 aromatic carbocycles. The lowest BCUT2D eigenvalue weighted by molar-refractivity contribution is -0.179.